The Balaban J connectivity index is 1.92. The Hall–Kier alpha value is -1.94. The molecule has 0 aliphatic carbocycles. The molecule has 0 aliphatic heterocycles. The average molecular weight is 395 g/mol. The van der Waals surface area contributed by atoms with E-state index in [4.69, 9.17) is 39.5 Å². The third-order valence-corrected chi connectivity index (χ3v) is 4.97. The van der Waals surface area contributed by atoms with Crippen molar-refractivity contribution in [2.75, 3.05) is 0 Å². The van der Waals surface area contributed by atoms with Crippen LogP contribution in [-0.4, -0.2) is 4.98 Å². The maximum atomic E-state index is 12.4. The smallest absolute Gasteiger partial charge is 0.208 e. The van der Waals surface area contributed by atoms with Crippen molar-refractivity contribution in [2.45, 2.75) is 13.8 Å². The summed E-state index contributed by atoms with van der Waals surface area (Å²) in [5, 5.41) is 1.10. The van der Waals surface area contributed by atoms with E-state index in [1.54, 1.807) is 37.3 Å². The first-order valence-electron chi connectivity index (χ1n) is 7.49. The van der Waals surface area contributed by atoms with Gasteiger partial charge in [-0.3, -0.25) is 4.79 Å². The van der Waals surface area contributed by atoms with Crippen molar-refractivity contribution in [3.63, 3.8) is 0 Å². The predicted octanol–water partition coefficient (Wildman–Crippen LogP) is 6.41. The van der Waals surface area contributed by atoms with Gasteiger partial charge in [0.1, 0.15) is 16.5 Å². The highest BCUT2D eigenvalue weighted by atomic mass is 35.5. The van der Waals surface area contributed by atoms with Gasteiger partial charge in [-0.1, -0.05) is 46.9 Å². The molecule has 25 heavy (non-hydrogen) atoms. The molecule has 0 aliphatic rings. The van der Waals surface area contributed by atoms with Crippen LogP contribution in [0.3, 0.4) is 0 Å². The fraction of sp³-hybridized carbons (Fsp3) is 0.105. The average Bonchev–Trinajstić information content (AvgIpc) is 2.58. The second kappa shape index (κ2) is 7.12. The summed E-state index contributed by atoms with van der Waals surface area (Å²) < 4.78 is 5.75. The minimum absolute atomic E-state index is 0.187. The summed E-state index contributed by atoms with van der Waals surface area (Å²) in [6.45, 7) is 3.62. The largest absolute Gasteiger partial charge is 0.457 e. The van der Waals surface area contributed by atoms with Crippen LogP contribution in [-0.2, 0) is 0 Å². The van der Waals surface area contributed by atoms with E-state index in [0.29, 0.717) is 32.8 Å². The first kappa shape index (κ1) is 17.9. The van der Waals surface area contributed by atoms with Crippen LogP contribution >= 0.6 is 34.8 Å². The van der Waals surface area contributed by atoms with Gasteiger partial charge < -0.3 is 9.72 Å². The number of aromatic amines is 1. The summed E-state index contributed by atoms with van der Waals surface area (Å²) in [6, 6.07) is 12.2. The quantitative estimate of drug-likeness (QED) is 0.557. The number of halogens is 3. The van der Waals surface area contributed by atoms with Crippen molar-refractivity contribution in [2.24, 2.45) is 0 Å². The van der Waals surface area contributed by atoms with Crippen LogP contribution in [0.15, 0.2) is 47.3 Å². The van der Waals surface area contributed by atoms with E-state index in [9.17, 15) is 4.79 Å². The second-order valence-electron chi connectivity index (χ2n) is 5.60. The maximum absolute atomic E-state index is 12.4. The molecule has 1 heterocycles. The monoisotopic (exact) mass is 393 g/mol. The molecule has 0 bridgehead atoms. The normalized spacial score (nSPS) is 10.8. The molecule has 0 unspecified atom stereocenters. The van der Waals surface area contributed by atoms with Crippen molar-refractivity contribution in [1.82, 2.24) is 4.98 Å². The molecule has 3 rings (SSSR count). The van der Waals surface area contributed by atoms with Gasteiger partial charge >= 0.3 is 0 Å². The third-order valence-electron chi connectivity index (χ3n) is 3.78. The topological polar surface area (TPSA) is 42.1 Å². The van der Waals surface area contributed by atoms with Gasteiger partial charge in [-0.2, -0.15) is 0 Å². The maximum Gasteiger partial charge on any atom is 0.208 e. The van der Waals surface area contributed by atoms with Gasteiger partial charge in [-0.25, -0.2) is 0 Å². The van der Waals surface area contributed by atoms with E-state index in [1.807, 2.05) is 19.1 Å². The molecule has 0 fully saturated rings. The second-order valence-corrected chi connectivity index (χ2v) is 6.79. The Labute approximate surface area is 160 Å². The number of benzene rings is 2. The van der Waals surface area contributed by atoms with Crippen LogP contribution in [0.2, 0.25) is 15.1 Å². The molecule has 1 aromatic heterocycles. The summed E-state index contributed by atoms with van der Waals surface area (Å²) in [6.07, 6.45) is 0. The fourth-order valence-corrected chi connectivity index (χ4v) is 2.99. The molecule has 128 valence electrons. The lowest BCUT2D eigenvalue weighted by Crippen LogP contribution is -2.11. The number of hydrogen-bond acceptors (Lipinski definition) is 2. The van der Waals surface area contributed by atoms with Crippen molar-refractivity contribution in [3.05, 3.63) is 79.1 Å². The molecular weight excluding hydrogens is 381 g/mol. The molecule has 0 saturated carbocycles. The Bertz CT molecular complexity index is 995. The lowest BCUT2D eigenvalue weighted by atomic mass is 10.0. The molecular formula is C19H14Cl3NO2. The Morgan fingerprint density at radius 3 is 2.12 bits per heavy atom. The number of aromatic nitrogens is 1. The highest BCUT2D eigenvalue weighted by Gasteiger charge is 2.13. The third kappa shape index (κ3) is 3.69. The van der Waals surface area contributed by atoms with Gasteiger partial charge in [0.2, 0.25) is 5.43 Å². The first-order valence-corrected chi connectivity index (χ1v) is 8.62. The Morgan fingerprint density at radius 1 is 0.840 bits per heavy atom. The number of ether oxygens (including phenoxy) is 1. The van der Waals surface area contributed by atoms with E-state index < -0.39 is 0 Å². The summed E-state index contributed by atoms with van der Waals surface area (Å²) in [7, 11) is 0. The van der Waals surface area contributed by atoms with Crippen LogP contribution in [0.25, 0.3) is 11.1 Å². The summed E-state index contributed by atoms with van der Waals surface area (Å²) in [5.74, 6) is 1.20. The van der Waals surface area contributed by atoms with Gasteiger partial charge in [0, 0.05) is 23.0 Å². The lowest BCUT2D eigenvalue weighted by molar-refractivity contribution is 0.483. The van der Waals surface area contributed by atoms with E-state index in [-0.39, 0.29) is 10.5 Å². The molecule has 0 atom stereocenters. The van der Waals surface area contributed by atoms with Crippen LogP contribution < -0.4 is 10.2 Å². The lowest BCUT2D eigenvalue weighted by Gasteiger charge is -2.10. The van der Waals surface area contributed by atoms with Crippen molar-refractivity contribution in [3.8, 4) is 22.6 Å². The molecule has 1 N–H and O–H groups in total. The molecule has 0 amide bonds. The van der Waals surface area contributed by atoms with Crippen LogP contribution in [0.5, 0.6) is 11.5 Å². The van der Waals surface area contributed by atoms with E-state index in [0.717, 1.165) is 11.3 Å². The standard InChI is InChI=1S/C19H14Cl3NO2/c1-10-17(19(24)18(22)11(2)23-10)12-3-5-13(6-4-12)25-14-7-8-15(20)16(21)9-14/h3-9H,1-2H3,(H,23,24). The number of pyridine rings is 1. The van der Waals surface area contributed by atoms with Crippen molar-refractivity contribution >= 4 is 34.8 Å². The van der Waals surface area contributed by atoms with E-state index in [2.05, 4.69) is 4.98 Å². The van der Waals surface area contributed by atoms with Gasteiger partial charge in [0.05, 0.1) is 10.0 Å². The summed E-state index contributed by atoms with van der Waals surface area (Å²) in [5.41, 5.74) is 2.56. The highest BCUT2D eigenvalue weighted by Crippen LogP contribution is 2.30. The van der Waals surface area contributed by atoms with Gasteiger partial charge in [-0.15, -0.1) is 0 Å². The van der Waals surface area contributed by atoms with Gasteiger partial charge in [-0.05, 0) is 43.7 Å². The van der Waals surface area contributed by atoms with Gasteiger partial charge in [0.25, 0.3) is 0 Å². The predicted molar refractivity (Wildman–Crippen MR) is 104 cm³/mol. The molecule has 6 heteroatoms. The van der Waals surface area contributed by atoms with Gasteiger partial charge in [0.15, 0.2) is 0 Å². The SMILES string of the molecule is Cc1[nH]c(C)c(-c2ccc(Oc3ccc(Cl)c(Cl)c3)cc2)c(=O)c1Cl. The van der Waals surface area contributed by atoms with E-state index in [1.165, 1.54) is 0 Å². The van der Waals surface area contributed by atoms with E-state index >= 15 is 0 Å². The molecule has 3 nitrogen and oxygen atoms in total. The highest BCUT2D eigenvalue weighted by molar-refractivity contribution is 6.42. The van der Waals surface area contributed by atoms with Crippen LogP contribution in [0, 0.1) is 13.8 Å². The number of nitrogens with one attached hydrogen (secondary N) is 1. The zero-order valence-corrected chi connectivity index (χ0v) is 15.8. The molecule has 0 radical (unpaired) electrons. The minimum atomic E-state index is -0.187. The summed E-state index contributed by atoms with van der Waals surface area (Å²) >= 11 is 18.0. The number of rotatable bonds is 3. The zero-order valence-electron chi connectivity index (χ0n) is 13.5. The molecule has 0 spiro atoms. The first-order chi connectivity index (χ1) is 11.9. The molecule has 0 saturated heterocycles. The summed E-state index contributed by atoms with van der Waals surface area (Å²) in [4.78, 5) is 15.6. The van der Waals surface area contributed by atoms with Crippen LogP contribution in [0.4, 0.5) is 0 Å². The number of aryl methyl sites for hydroxylation is 2. The van der Waals surface area contributed by atoms with Crippen molar-refractivity contribution in [1.29, 1.82) is 0 Å². The minimum Gasteiger partial charge on any atom is -0.457 e. The molecule has 3 aromatic rings. The molecule has 2 aromatic carbocycles. The number of hydrogen-bond donors (Lipinski definition) is 1. The van der Waals surface area contributed by atoms with Crippen molar-refractivity contribution < 1.29 is 4.74 Å². The fourth-order valence-electron chi connectivity index (χ4n) is 2.56. The zero-order chi connectivity index (χ0) is 18.1. The van der Waals surface area contributed by atoms with Crippen LogP contribution in [0.1, 0.15) is 11.4 Å². The number of H-pyrrole nitrogens is 1. The Kier molecular flexibility index (Phi) is 5.09. The Morgan fingerprint density at radius 2 is 1.48 bits per heavy atom.